The summed E-state index contributed by atoms with van der Waals surface area (Å²) in [6.07, 6.45) is 1.65. The highest BCUT2D eigenvalue weighted by Gasteiger charge is 2.14. The Bertz CT molecular complexity index is 622. The van der Waals surface area contributed by atoms with Gasteiger partial charge in [-0.3, -0.25) is 0 Å². The van der Waals surface area contributed by atoms with Crippen LogP contribution in [0.5, 0.6) is 11.5 Å². The number of benzene rings is 1. The molecule has 2 rings (SSSR count). The van der Waals surface area contributed by atoms with Gasteiger partial charge in [-0.15, -0.1) is 0 Å². The molecule has 100 valence electrons. The van der Waals surface area contributed by atoms with Crippen molar-refractivity contribution < 1.29 is 9.47 Å². The van der Waals surface area contributed by atoms with E-state index >= 15 is 0 Å². The molecule has 0 unspecified atom stereocenters. The van der Waals surface area contributed by atoms with Crippen molar-refractivity contribution in [2.75, 3.05) is 14.2 Å². The highest BCUT2D eigenvalue weighted by Crippen LogP contribution is 2.28. The Balaban J connectivity index is 2.55. The predicted molar refractivity (Wildman–Crippen MR) is 77.3 cm³/mol. The molecule has 0 bridgehead atoms. The lowest BCUT2D eigenvalue weighted by Crippen LogP contribution is -2.11. The van der Waals surface area contributed by atoms with Crippen LogP contribution in [0.15, 0.2) is 24.4 Å². The van der Waals surface area contributed by atoms with Gasteiger partial charge in [0.1, 0.15) is 22.2 Å². The minimum absolute atomic E-state index is 0.330. The summed E-state index contributed by atoms with van der Waals surface area (Å²) in [5.41, 5.74) is 8.09. The number of ether oxygens (including phenoxy) is 2. The average Bonchev–Trinajstić information content (AvgIpc) is 2.79. The first kappa shape index (κ1) is 13.4. The lowest BCUT2D eigenvalue weighted by molar-refractivity contribution is 0.392. The van der Waals surface area contributed by atoms with Crippen LogP contribution in [0.1, 0.15) is 11.3 Å². The number of nitrogens with two attached hydrogens (primary N) is 1. The fourth-order valence-electron chi connectivity index (χ4n) is 1.85. The van der Waals surface area contributed by atoms with Gasteiger partial charge < -0.3 is 15.2 Å². The Morgan fingerprint density at radius 3 is 2.58 bits per heavy atom. The van der Waals surface area contributed by atoms with E-state index in [0.29, 0.717) is 10.7 Å². The maximum Gasteiger partial charge on any atom is 0.148 e. The fourth-order valence-corrected chi connectivity index (χ4v) is 2.05. The summed E-state index contributed by atoms with van der Waals surface area (Å²) in [7, 11) is 3.21. The third-order valence-corrected chi connectivity index (χ3v) is 3.11. The molecule has 0 fully saturated rings. The summed E-state index contributed by atoms with van der Waals surface area (Å²) in [5.74, 6) is 1.39. The normalized spacial score (nSPS) is 10.3. The van der Waals surface area contributed by atoms with Crippen LogP contribution in [-0.2, 0) is 0 Å². The van der Waals surface area contributed by atoms with Crippen LogP contribution in [0.3, 0.4) is 0 Å². The number of nitrogens with zero attached hydrogens (tertiary/aromatic N) is 2. The zero-order valence-corrected chi connectivity index (χ0v) is 11.8. The molecule has 1 aromatic carbocycles. The van der Waals surface area contributed by atoms with Crippen molar-refractivity contribution in [1.82, 2.24) is 9.78 Å². The van der Waals surface area contributed by atoms with Gasteiger partial charge in [-0.25, -0.2) is 4.68 Å². The third-order valence-electron chi connectivity index (χ3n) is 2.89. The van der Waals surface area contributed by atoms with Crippen LogP contribution < -0.4 is 15.2 Å². The second kappa shape index (κ2) is 5.27. The van der Waals surface area contributed by atoms with Gasteiger partial charge in [0.2, 0.25) is 0 Å². The number of aromatic nitrogens is 2. The second-order valence-electron chi connectivity index (χ2n) is 3.96. The van der Waals surface area contributed by atoms with Crippen molar-refractivity contribution in [2.24, 2.45) is 5.73 Å². The third kappa shape index (κ3) is 2.39. The molecule has 1 heterocycles. The summed E-state index contributed by atoms with van der Waals surface area (Å²) >= 11 is 4.99. The van der Waals surface area contributed by atoms with Crippen molar-refractivity contribution in [3.8, 4) is 17.2 Å². The highest BCUT2D eigenvalue weighted by molar-refractivity contribution is 7.80. The van der Waals surface area contributed by atoms with E-state index < -0.39 is 0 Å². The van der Waals surface area contributed by atoms with E-state index in [2.05, 4.69) is 5.10 Å². The summed E-state index contributed by atoms with van der Waals surface area (Å²) < 4.78 is 12.3. The molecular formula is C13H15N3O2S. The Morgan fingerprint density at radius 1 is 1.32 bits per heavy atom. The predicted octanol–water partition coefficient (Wildman–Crippen LogP) is 1.83. The largest absolute Gasteiger partial charge is 0.497 e. The van der Waals surface area contributed by atoms with Crippen LogP contribution in [0.2, 0.25) is 0 Å². The van der Waals surface area contributed by atoms with E-state index in [1.165, 1.54) is 0 Å². The number of hydrogen-bond donors (Lipinski definition) is 1. The van der Waals surface area contributed by atoms with Gasteiger partial charge >= 0.3 is 0 Å². The number of thiocarbonyl (C=S) groups is 1. The van der Waals surface area contributed by atoms with Gasteiger partial charge in [-0.1, -0.05) is 12.2 Å². The molecule has 0 aliphatic heterocycles. The van der Waals surface area contributed by atoms with Gasteiger partial charge in [0, 0.05) is 6.07 Å². The van der Waals surface area contributed by atoms with Crippen LogP contribution >= 0.6 is 12.2 Å². The van der Waals surface area contributed by atoms with E-state index in [4.69, 9.17) is 27.4 Å². The number of methoxy groups -OCH3 is 2. The number of rotatable bonds is 4. The fraction of sp³-hybridized carbons (Fsp3) is 0.231. The van der Waals surface area contributed by atoms with Crippen molar-refractivity contribution in [2.45, 2.75) is 6.92 Å². The van der Waals surface area contributed by atoms with E-state index in [1.807, 2.05) is 19.1 Å². The molecule has 0 amide bonds. The van der Waals surface area contributed by atoms with E-state index in [9.17, 15) is 0 Å². The SMILES string of the molecule is COc1ccc(-n2ncc(C(N)=S)c2C)c(OC)c1. The lowest BCUT2D eigenvalue weighted by Gasteiger charge is -2.12. The van der Waals surface area contributed by atoms with Crippen molar-refractivity contribution in [3.05, 3.63) is 35.7 Å². The first-order valence-electron chi connectivity index (χ1n) is 5.65. The Hall–Kier alpha value is -2.08. The minimum atomic E-state index is 0.330. The molecule has 2 aromatic rings. The van der Waals surface area contributed by atoms with E-state index in [0.717, 1.165) is 22.7 Å². The summed E-state index contributed by atoms with van der Waals surface area (Å²) in [4.78, 5) is 0.330. The smallest absolute Gasteiger partial charge is 0.148 e. The molecule has 0 radical (unpaired) electrons. The molecule has 0 spiro atoms. The molecule has 0 aliphatic carbocycles. The minimum Gasteiger partial charge on any atom is -0.497 e. The molecule has 1 aromatic heterocycles. The summed E-state index contributed by atoms with van der Waals surface area (Å²) in [5, 5.41) is 4.30. The van der Waals surface area contributed by atoms with E-state index in [-0.39, 0.29) is 0 Å². The molecule has 0 saturated heterocycles. The Morgan fingerprint density at radius 2 is 2.05 bits per heavy atom. The maximum absolute atomic E-state index is 5.65. The zero-order valence-electron chi connectivity index (χ0n) is 11.0. The quantitative estimate of drug-likeness (QED) is 0.864. The van der Waals surface area contributed by atoms with Crippen LogP contribution in [0.4, 0.5) is 0 Å². The molecule has 0 atom stereocenters. The van der Waals surface area contributed by atoms with Crippen molar-refractivity contribution in [3.63, 3.8) is 0 Å². The standard InChI is InChI=1S/C13H15N3O2S/c1-8-10(13(14)19)7-15-16(8)11-5-4-9(17-2)6-12(11)18-3/h4-7H,1-3H3,(H2,14,19). The summed E-state index contributed by atoms with van der Waals surface area (Å²) in [6.45, 7) is 1.91. The van der Waals surface area contributed by atoms with Gasteiger partial charge in [0.15, 0.2) is 0 Å². The molecule has 19 heavy (non-hydrogen) atoms. The lowest BCUT2D eigenvalue weighted by atomic mass is 10.2. The van der Waals surface area contributed by atoms with Gasteiger partial charge in [-0.2, -0.15) is 5.10 Å². The molecule has 6 heteroatoms. The van der Waals surface area contributed by atoms with Crippen molar-refractivity contribution in [1.29, 1.82) is 0 Å². The number of hydrogen-bond acceptors (Lipinski definition) is 4. The van der Waals surface area contributed by atoms with E-state index in [1.54, 1.807) is 31.2 Å². The summed E-state index contributed by atoms with van der Waals surface area (Å²) in [6, 6.07) is 5.53. The Kier molecular flexibility index (Phi) is 3.71. The molecular weight excluding hydrogens is 262 g/mol. The molecule has 0 saturated carbocycles. The molecule has 5 nitrogen and oxygen atoms in total. The van der Waals surface area contributed by atoms with Gasteiger partial charge in [0.05, 0.1) is 31.7 Å². The highest BCUT2D eigenvalue weighted by atomic mass is 32.1. The average molecular weight is 277 g/mol. The first-order chi connectivity index (χ1) is 9.08. The molecule has 0 aliphatic rings. The van der Waals surface area contributed by atoms with Gasteiger partial charge in [0.25, 0.3) is 0 Å². The maximum atomic E-state index is 5.65. The topological polar surface area (TPSA) is 62.3 Å². The first-order valence-corrected chi connectivity index (χ1v) is 6.06. The zero-order chi connectivity index (χ0) is 14.0. The monoisotopic (exact) mass is 277 g/mol. The van der Waals surface area contributed by atoms with Crippen LogP contribution in [0.25, 0.3) is 5.69 Å². The molecule has 2 N–H and O–H groups in total. The van der Waals surface area contributed by atoms with Crippen molar-refractivity contribution >= 4 is 17.2 Å². The Labute approximate surface area is 116 Å². The van der Waals surface area contributed by atoms with Crippen LogP contribution in [0, 0.1) is 6.92 Å². The van der Waals surface area contributed by atoms with Crippen LogP contribution in [-0.4, -0.2) is 29.0 Å². The van der Waals surface area contributed by atoms with Gasteiger partial charge in [-0.05, 0) is 19.1 Å². The second-order valence-corrected chi connectivity index (χ2v) is 4.40.